The van der Waals surface area contributed by atoms with Gasteiger partial charge in [-0.2, -0.15) is 5.10 Å². The van der Waals surface area contributed by atoms with Crippen molar-refractivity contribution in [2.24, 2.45) is 12.0 Å². The van der Waals surface area contributed by atoms with Crippen LogP contribution in [0.3, 0.4) is 0 Å². The quantitative estimate of drug-likeness (QED) is 0.391. The van der Waals surface area contributed by atoms with E-state index in [4.69, 9.17) is 4.74 Å². The molecule has 1 aromatic heterocycles. The summed E-state index contributed by atoms with van der Waals surface area (Å²) in [7, 11) is 1.99. The van der Waals surface area contributed by atoms with Crippen LogP contribution in [-0.2, 0) is 18.2 Å². The van der Waals surface area contributed by atoms with Crippen molar-refractivity contribution in [3.05, 3.63) is 17.0 Å². The molecule has 0 aliphatic heterocycles. The predicted octanol–water partition coefficient (Wildman–Crippen LogP) is 2.34. The Morgan fingerprint density at radius 1 is 1.29 bits per heavy atom. The van der Waals surface area contributed by atoms with Crippen molar-refractivity contribution in [2.75, 3.05) is 26.3 Å². The van der Waals surface area contributed by atoms with Crippen LogP contribution < -0.4 is 10.6 Å². The first-order chi connectivity index (χ1) is 11.5. The van der Waals surface area contributed by atoms with Crippen molar-refractivity contribution in [1.29, 1.82) is 0 Å². The summed E-state index contributed by atoms with van der Waals surface area (Å²) in [5, 5.41) is 11.3. The molecule has 0 spiro atoms. The largest absolute Gasteiger partial charge is 0.380 e. The lowest BCUT2D eigenvalue weighted by molar-refractivity contribution is 0.139. The second kappa shape index (κ2) is 11.1. The van der Waals surface area contributed by atoms with Gasteiger partial charge in [-0.25, -0.2) is 0 Å². The molecule has 1 atom stereocenters. The topological polar surface area (TPSA) is 63.5 Å². The third kappa shape index (κ3) is 6.91. The number of hydrogen-bond acceptors (Lipinski definition) is 3. The molecule has 1 rings (SSSR count). The van der Waals surface area contributed by atoms with Crippen molar-refractivity contribution in [2.45, 2.75) is 59.9 Å². The molecule has 1 unspecified atom stereocenters. The number of aromatic nitrogens is 2. The highest BCUT2D eigenvalue weighted by atomic mass is 16.5. The highest BCUT2D eigenvalue weighted by molar-refractivity contribution is 5.80. The third-order valence-electron chi connectivity index (χ3n) is 4.04. The molecule has 0 aliphatic rings. The first kappa shape index (κ1) is 20.5. The molecule has 138 valence electrons. The number of rotatable bonds is 10. The molecule has 1 heterocycles. The molecule has 0 radical (unpaired) electrons. The second-order valence-corrected chi connectivity index (χ2v) is 6.25. The number of nitrogens with zero attached hydrogens (tertiary/aromatic N) is 3. The molecule has 0 aromatic carbocycles. The maximum Gasteiger partial charge on any atom is 0.191 e. The van der Waals surface area contributed by atoms with Crippen LogP contribution in [0.5, 0.6) is 0 Å². The normalized spacial score (nSPS) is 13.2. The van der Waals surface area contributed by atoms with Gasteiger partial charge in [-0.3, -0.25) is 9.67 Å². The lowest BCUT2D eigenvalue weighted by atomic mass is 10.1. The lowest BCUT2D eigenvalue weighted by Gasteiger charge is -2.18. The maximum absolute atomic E-state index is 5.56. The monoisotopic (exact) mass is 337 g/mol. The Balaban J connectivity index is 2.51. The van der Waals surface area contributed by atoms with Crippen molar-refractivity contribution < 1.29 is 4.74 Å². The number of aryl methyl sites for hydroxylation is 2. The molecule has 2 N–H and O–H groups in total. The van der Waals surface area contributed by atoms with Gasteiger partial charge in [-0.1, -0.05) is 13.3 Å². The Hall–Kier alpha value is -1.56. The van der Waals surface area contributed by atoms with Gasteiger partial charge >= 0.3 is 0 Å². The fourth-order valence-electron chi connectivity index (χ4n) is 2.59. The van der Waals surface area contributed by atoms with Crippen molar-refractivity contribution in [3.63, 3.8) is 0 Å². The molecule has 6 heteroatoms. The SMILES string of the molecule is CCCCOCCN=C(NCC)NC(C)Cc1c(C)nn(C)c1C. The van der Waals surface area contributed by atoms with Crippen LogP contribution in [0, 0.1) is 13.8 Å². The highest BCUT2D eigenvalue weighted by Gasteiger charge is 2.13. The molecule has 0 aliphatic carbocycles. The maximum atomic E-state index is 5.56. The lowest BCUT2D eigenvalue weighted by Crippen LogP contribution is -2.43. The average Bonchev–Trinajstić information content (AvgIpc) is 2.77. The Bertz CT molecular complexity index is 510. The number of guanidine groups is 1. The summed E-state index contributed by atoms with van der Waals surface area (Å²) in [6.07, 6.45) is 3.21. The average molecular weight is 338 g/mol. The molecule has 0 bridgehead atoms. The van der Waals surface area contributed by atoms with Crippen LogP contribution in [0.25, 0.3) is 0 Å². The van der Waals surface area contributed by atoms with Gasteiger partial charge in [-0.05, 0) is 46.1 Å². The zero-order valence-corrected chi connectivity index (χ0v) is 16.3. The van der Waals surface area contributed by atoms with E-state index >= 15 is 0 Å². The molecule has 24 heavy (non-hydrogen) atoms. The summed E-state index contributed by atoms with van der Waals surface area (Å²) in [6.45, 7) is 13.6. The minimum Gasteiger partial charge on any atom is -0.380 e. The third-order valence-corrected chi connectivity index (χ3v) is 4.04. The summed E-state index contributed by atoms with van der Waals surface area (Å²) < 4.78 is 7.51. The van der Waals surface area contributed by atoms with Gasteiger partial charge in [0.25, 0.3) is 0 Å². The van der Waals surface area contributed by atoms with E-state index in [-0.39, 0.29) is 6.04 Å². The van der Waals surface area contributed by atoms with Gasteiger partial charge in [0.15, 0.2) is 5.96 Å². The zero-order chi connectivity index (χ0) is 17.9. The van der Waals surface area contributed by atoms with Gasteiger partial charge in [0.1, 0.15) is 0 Å². The van der Waals surface area contributed by atoms with Gasteiger partial charge in [0.2, 0.25) is 0 Å². The molecule has 0 amide bonds. The van der Waals surface area contributed by atoms with Crippen LogP contribution in [-0.4, -0.2) is 48.1 Å². The highest BCUT2D eigenvalue weighted by Crippen LogP contribution is 2.14. The smallest absolute Gasteiger partial charge is 0.191 e. The Labute approximate surface area is 147 Å². The van der Waals surface area contributed by atoms with Gasteiger partial charge < -0.3 is 15.4 Å². The molecule has 0 fully saturated rings. The molecule has 0 saturated carbocycles. The van der Waals surface area contributed by atoms with Crippen molar-refractivity contribution in [3.8, 4) is 0 Å². The van der Waals surface area contributed by atoms with Crippen LogP contribution in [0.2, 0.25) is 0 Å². The second-order valence-electron chi connectivity index (χ2n) is 6.25. The Kier molecular flexibility index (Phi) is 9.45. The minimum absolute atomic E-state index is 0.283. The summed E-state index contributed by atoms with van der Waals surface area (Å²) >= 11 is 0. The number of unbranched alkanes of at least 4 members (excludes halogenated alkanes) is 1. The van der Waals surface area contributed by atoms with Gasteiger partial charge in [-0.15, -0.1) is 0 Å². The van der Waals surface area contributed by atoms with Crippen LogP contribution >= 0.6 is 0 Å². The molecular formula is C18H35N5O. The summed E-state index contributed by atoms with van der Waals surface area (Å²) in [5.74, 6) is 0.850. The summed E-state index contributed by atoms with van der Waals surface area (Å²) in [5.41, 5.74) is 3.65. The fourth-order valence-corrected chi connectivity index (χ4v) is 2.59. The number of nitrogens with one attached hydrogen (secondary N) is 2. The number of hydrogen-bond donors (Lipinski definition) is 2. The zero-order valence-electron chi connectivity index (χ0n) is 16.3. The fraction of sp³-hybridized carbons (Fsp3) is 0.778. The Morgan fingerprint density at radius 2 is 2.04 bits per heavy atom. The van der Waals surface area contributed by atoms with E-state index in [2.05, 4.69) is 55.3 Å². The number of aliphatic imine (C=N–C) groups is 1. The first-order valence-electron chi connectivity index (χ1n) is 9.11. The van der Waals surface area contributed by atoms with E-state index in [1.54, 1.807) is 0 Å². The van der Waals surface area contributed by atoms with E-state index in [1.807, 2.05) is 11.7 Å². The molecular weight excluding hydrogens is 302 g/mol. The van der Waals surface area contributed by atoms with Crippen LogP contribution in [0.1, 0.15) is 50.6 Å². The van der Waals surface area contributed by atoms with Crippen molar-refractivity contribution >= 4 is 5.96 Å². The van der Waals surface area contributed by atoms with E-state index in [0.717, 1.165) is 44.1 Å². The van der Waals surface area contributed by atoms with E-state index in [0.29, 0.717) is 13.2 Å². The minimum atomic E-state index is 0.283. The predicted molar refractivity (Wildman–Crippen MR) is 101 cm³/mol. The van der Waals surface area contributed by atoms with Gasteiger partial charge in [0.05, 0.1) is 18.8 Å². The van der Waals surface area contributed by atoms with E-state index < -0.39 is 0 Å². The van der Waals surface area contributed by atoms with Gasteiger partial charge in [0, 0.05) is 31.9 Å². The summed E-state index contributed by atoms with van der Waals surface area (Å²) in [4.78, 5) is 4.59. The van der Waals surface area contributed by atoms with Crippen LogP contribution in [0.15, 0.2) is 4.99 Å². The standard InChI is InChI=1S/C18H35N5O/c1-7-9-11-24-12-10-20-18(19-8-2)21-14(3)13-17-15(4)22-23(6)16(17)5/h14H,7-13H2,1-6H3,(H2,19,20,21). The molecule has 0 saturated heterocycles. The number of ether oxygens (including phenoxy) is 1. The van der Waals surface area contributed by atoms with Crippen LogP contribution in [0.4, 0.5) is 0 Å². The Morgan fingerprint density at radius 3 is 2.62 bits per heavy atom. The van der Waals surface area contributed by atoms with Crippen molar-refractivity contribution in [1.82, 2.24) is 20.4 Å². The molecule has 6 nitrogen and oxygen atoms in total. The van der Waals surface area contributed by atoms with E-state index in [1.165, 1.54) is 11.3 Å². The summed E-state index contributed by atoms with van der Waals surface area (Å²) in [6, 6.07) is 0.283. The first-order valence-corrected chi connectivity index (χ1v) is 9.11. The molecule has 1 aromatic rings. The van der Waals surface area contributed by atoms with E-state index in [9.17, 15) is 0 Å².